The molecule has 0 aliphatic carbocycles. The Morgan fingerprint density at radius 3 is 2.92 bits per heavy atom. The van der Waals surface area contributed by atoms with Crippen molar-refractivity contribution < 1.29 is 9.53 Å². The van der Waals surface area contributed by atoms with Gasteiger partial charge < -0.3 is 4.74 Å². The molecule has 2 aromatic rings. The molecule has 1 aromatic carbocycles. The molecule has 24 heavy (non-hydrogen) atoms. The predicted octanol–water partition coefficient (Wildman–Crippen LogP) is 3.16. The van der Waals surface area contributed by atoms with E-state index in [2.05, 4.69) is 46.3 Å². The maximum atomic E-state index is 12.0. The number of hydrogen-bond donors (Lipinski definition) is 1. The second-order valence-corrected chi connectivity index (χ2v) is 6.46. The number of carbonyl (C=O) groups excluding carboxylic acids is 1. The monoisotopic (exact) mass is 327 g/mol. The smallest absolute Gasteiger partial charge is 0.310 e. The molecule has 1 atom stereocenters. The largest absolute Gasteiger partial charge is 0.466 e. The highest BCUT2D eigenvalue weighted by Crippen LogP contribution is 2.25. The number of esters is 1. The molecule has 0 saturated carbocycles. The molecule has 1 N–H and O–H groups in total. The van der Waals surface area contributed by atoms with Crippen molar-refractivity contribution in [3.63, 3.8) is 0 Å². The van der Waals surface area contributed by atoms with Crippen molar-refractivity contribution in [2.75, 3.05) is 19.7 Å². The molecule has 1 aliphatic rings. The van der Waals surface area contributed by atoms with Gasteiger partial charge >= 0.3 is 5.97 Å². The van der Waals surface area contributed by atoms with Crippen molar-refractivity contribution in [3.8, 4) is 11.3 Å². The van der Waals surface area contributed by atoms with E-state index in [4.69, 9.17) is 4.74 Å². The molecule has 1 fully saturated rings. The summed E-state index contributed by atoms with van der Waals surface area (Å²) >= 11 is 0. The fourth-order valence-electron chi connectivity index (χ4n) is 3.29. The lowest BCUT2D eigenvalue weighted by molar-refractivity contribution is -0.150. The van der Waals surface area contributed by atoms with Gasteiger partial charge in [0.2, 0.25) is 0 Å². The van der Waals surface area contributed by atoms with Crippen LogP contribution in [0.2, 0.25) is 0 Å². The van der Waals surface area contributed by atoms with Gasteiger partial charge in [0, 0.05) is 18.7 Å². The molecule has 1 saturated heterocycles. The summed E-state index contributed by atoms with van der Waals surface area (Å²) in [6, 6.07) is 8.45. The third-order valence-corrected chi connectivity index (χ3v) is 4.58. The Kier molecular flexibility index (Phi) is 5.30. The Hall–Kier alpha value is -2.14. The predicted molar refractivity (Wildman–Crippen MR) is 93.4 cm³/mol. The molecule has 0 amide bonds. The van der Waals surface area contributed by atoms with E-state index in [1.165, 1.54) is 11.1 Å². The van der Waals surface area contributed by atoms with Crippen molar-refractivity contribution >= 4 is 5.97 Å². The number of aromatic nitrogens is 2. The van der Waals surface area contributed by atoms with Crippen molar-refractivity contribution in [1.29, 1.82) is 0 Å². The Morgan fingerprint density at radius 1 is 1.38 bits per heavy atom. The topological polar surface area (TPSA) is 58.2 Å². The molecule has 1 aromatic heterocycles. The summed E-state index contributed by atoms with van der Waals surface area (Å²) in [6.07, 6.45) is 3.84. The van der Waals surface area contributed by atoms with Crippen LogP contribution in [0.15, 0.2) is 30.5 Å². The third kappa shape index (κ3) is 3.85. The molecule has 128 valence electrons. The van der Waals surface area contributed by atoms with Gasteiger partial charge in [-0.2, -0.15) is 5.10 Å². The first-order valence-corrected chi connectivity index (χ1v) is 8.65. The average molecular weight is 327 g/mol. The number of benzene rings is 1. The van der Waals surface area contributed by atoms with Crippen LogP contribution in [-0.2, 0) is 16.1 Å². The van der Waals surface area contributed by atoms with Crippen LogP contribution in [0, 0.1) is 12.8 Å². The lowest BCUT2D eigenvalue weighted by Gasteiger charge is -2.31. The van der Waals surface area contributed by atoms with E-state index in [9.17, 15) is 4.79 Å². The highest BCUT2D eigenvalue weighted by Gasteiger charge is 2.27. The molecule has 1 aliphatic heterocycles. The summed E-state index contributed by atoms with van der Waals surface area (Å²) < 4.78 is 5.19. The second kappa shape index (κ2) is 7.62. The minimum atomic E-state index is -0.0619. The van der Waals surface area contributed by atoms with Crippen LogP contribution in [0.5, 0.6) is 0 Å². The zero-order valence-corrected chi connectivity index (χ0v) is 14.4. The number of likely N-dealkylation sites (tertiary alicyclic amines) is 1. The van der Waals surface area contributed by atoms with E-state index >= 15 is 0 Å². The van der Waals surface area contributed by atoms with Crippen LogP contribution in [0.1, 0.15) is 30.9 Å². The van der Waals surface area contributed by atoms with Gasteiger partial charge in [-0.25, -0.2) is 0 Å². The van der Waals surface area contributed by atoms with Crippen LogP contribution in [0.3, 0.4) is 0 Å². The van der Waals surface area contributed by atoms with E-state index in [0.717, 1.165) is 43.7 Å². The van der Waals surface area contributed by atoms with Crippen LogP contribution in [0.4, 0.5) is 0 Å². The molecule has 2 heterocycles. The molecule has 0 bridgehead atoms. The van der Waals surface area contributed by atoms with Gasteiger partial charge in [0.25, 0.3) is 0 Å². The Labute approximate surface area is 143 Å². The molecule has 3 rings (SSSR count). The van der Waals surface area contributed by atoms with Gasteiger partial charge in [-0.15, -0.1) is 0 Å². The zero-order valence-electron chi connectivity index (χ0n) is 14.4. The van der Waals surface area contributed by atoms with Crippen LogP contribution >= 0.6 is 0 Å². The zero-order chi connectivity index (χ0) is 16.9. The minimum Gasteiger partial charge on any atom is -0.466 e. The van der Waals surface area contributed by atoms with E-state index in [1.54, 1.807) is 0 Å². The summed E-state index contributed by atoms with van der Waals surface area (Å²) in [6.45, 7) is 6.97. The van der Waals surface area contributed by atoms with Crippen molar-refractivity contribution in [2.24, 2.45) is 5.92 Å². The molecule has 1 unspecified atom stereocenters. The molecular formula is C19H25N3O2. The van der Waals surface area contributed by atoms with Gasteiger partial charge in [0.1, 0.15) is 0 Å². The van der Waals surface area contributed by atoms with Crippen molar-refractivity contribution in [3.05, 3.63) is 41.6 Å². The summed E-state index contributed by atoms with van der Waals surface area (Å²) in [5.74, 6) is -0.0680. The van der Waals surface area contributed by atoms with Crippen molar-refractivity contribution in [2.45, 2.75) is 33.2 Å². The van der Waals surface area contributed by atoms with Crippen LogP contribution in [0.25, 0.3) is 11.3 Å². The summed E-state index contributed by atoms with van der Waals surface area (Å²) in [4.78, 5) is 14.3. The minimum absolute atomic E-state index is 0.00609. The molecular weight excluding hydrogens is 302 g/mol. The number of piperidine rings is 1. The highest BCUT2D eigenvalue weighted by molar-refractivity contribution is 5.72. The standard InChI is InChI=1S/C19H25N3O2/c1-3-24-19(23)16-5-4-10-22(12-16)13-17-11-20-21-18(17)15-8-6-14(2)7-9-15/h6-9,11,16H,3-5,10,12-13H2,1-2H3,(H,20,21). The van der Waals surface area contributed by atoms with Gasteiger partial charge in [-0.05, 0) is 38.8 Å². The molecule has 0 spiro atoms. The Morgan fingerprint density at radius 2 is 2.17 bits per heavy atom. The quantitative estimate of drug-likeness (QED) is 0.857. The maximum absolute atomic E-state index is 12.0. The van der Waals surface area contributed by atoms with E-state index in [1.807, 2.05) is 13.1 Å². The lowest BCUT2D eigenvalue weighted by Crippen LogP contribution is -2.38. The number of rotatable bonds is 5. The fourth-order valence-corrected chi connectivity index (χ4v) is 3.29. The van der Waals surface area contributed by atoms with Crippen LogP contribution < -0.4 is 0 Å². The Bertz CT molecular complexity index is 678. The normalized spacial score (nSPS) is 18.5. The number of aromatic amines is 1. The molecule has 5 heteroatoms. The number of hydrogen-bond acceptors (Lipinski definition) is 4. The molecule has 0 radical (unpaired) electrons. The number of H-pyrrole nitrogens is 1. The number of carbonyl (C=O) groups is 1. The van der Waals surface area contributed by atoms with Crippen LogP contribution in [-0.4, -0.2) is 40.8 Å². The highest BCUT2D eigenvalue weighted by atomic mass is 16.5. The van der Waals surface area contributed by atoms with E-state index in [-0.39, 0.29) is 11.9 Å². The average Bonchev–Trinajstić information content (AvgIpc) is 3.04. The maximum Gasteiger partial charge on any atom is 0.310 e. The Balaban J connectivity index is 1.69. The van der Waals surface area contributed by atoms with E-state index in [0.29, 0.717) is 6.61 Å². The third-order valence-electron chi connectivity index (χ3n) is 4.58. The number of ether oxygens (including phenoxy) is 1. The first kappa shape index (κ1) is 16.7. The second-order valence-electron chi connectivity index (χ2n) is 6.46. The fraction of sp³-hybridized carbons (Fsp3) is 0.474. The van der Waals surface area contributed by atoms with Crippen molar-refractivity contribution in [1.82, 2.24) is 15.1 Å². The van der Waals surface area contributed by atoms with Gasteiger partial charge in [0.15, 0.2) is 0 Å². The first-order chi connectivity index (χ1) is 11.7. The summed E-state index contributed by atoms with van der Waals surface area (Å²) in [5, 5.41) is 7.34. The summed E-state index contributed by atoms with van der Waals surface area (Å²) in [7, 11) is 0. The number of nitrogens with one attached hydrogen (secondary N) is 1. The van der Waals surface area contributed by atoms with Gasteiger partial charge in [-0.3, -0.25) is 14.8 Å². The number of aryl methyl sites for hydroxylation is 1. The summed E-state index contributed by atoms with van der Waals surface area (Å²) in [5.41, 5.74) is 4.62. The number of nitrogens with zero attached hydrogens (tertiary/aromatic N) is 2. The SMILES string of the molecule is CCOC(=O)C1CCCN(Cc2cn[nH]c2-c2ccc(C)cc2)C1. The lowest BCUT2D eigenvalue weighted by atomic mass is 9.97. The van der Waals surface area contributed by atoms with Gasteiger partial charge in [-0.1, -0.05) is 29.8 Å². The molecule has 5 nitrogen and oxygen atoms in total. The van der Waals surface area contributed by atoms with Gasteiger partial charge in [0.05, 0.1) is 24.4 Å². The van der Waals surface area contributed by atoms with E-state index < -0.39 is 0 Å². The first-order valence-electron chi connectivity index (χ1n) is 8.65.